The number of aliphatic carboxylic acids is 1. The molecule has 0 bridgehead atoms. The van der Waals surface area contributed by atoms with E-state index in [1.165, 1.54) is 23.2 Å². The van der Waals surface area contributed by atoms with Crippen molar-refractivity contribution in [3.05, 3.63) is 59.5 Å². The van der Waals surface area contributed by atoms with Crippen molar-refractivity contribution in [3.8, 4) is 29.0 Å². The molecule has 1 aliphatic heterocycles. The first kappa shape index (κ1) is 25.1. The number of carbonyl (C=O) groups is 2. The summed E-state index contributed by atoms with van der Waals surface area (Å²) >= 11 is 0. The molecule has 1 fully saturated rings. The molecule has 38 heavy (non-hydrogen) atoms. The molecule has 5 rings (SSSR count). The van der Waals surface area contributed by atoms with Gasteiger partial charge in [0.25, 0.3) is 11.6 Å². The molecule has 196 valence electrons. The summed E-state index contributed by atoms with van der Waals surface area (Å²) < 4.78 is 31.2. The van der Waals surface area contributed by atoms with Crippen LogP contribution in [0.1, 0.15) is 30.9 Å². The lowest BCUT2D eigenvalue weighted by Gasteiger charge is -2.26. The first-order valence-electron chi connectivity index (χ1n) is 12.1. The molecule has 2 aromatic carbocycles. The molecule has 1 N–H and O–H groups in total. The minimum atomic E-state index is -1.01. The quantitative estimate of drug-likeness (QED) is 0.369. The molecule has 3 heterocycles. The molecule has 10 nitrogen and oxygen atoms in total. The molecule has 2 atom stereocenters. The highest BCUT2D eigenvalue weighted by Gasteiger charge is 2.36. The van der Waals surface area contributed by atoms with E-state index in [0.717, 1.165) is 11.1 Å². The Balaban J connectivity index is 1.35. The molecule has 1 aliphatic rings. The minimum absolute atomic E-state index is 0.00986. The van der Waals surface area contributed by atoms with Crippen LogP contribution in [0.2, 0.25) is 0 Å². The fourth-order valence-corrected chi connectivity index (χ4v) is 4.53. The van der Waals surface area contributed by atoms with Crippen molar-refractivity contribution in [2.75, 3.05) is 6.54 Å². The predicted octanol–water partition coefficient (Wildman–Crippen LogP) is 4.68. The van der Waals surface area contributed by atoms with Crippen molar-refractivity contribution in [1.29, 1.82) is 0 Å². The molecule has 11 heteroatoms. The van der Waals surface area contributed by atoms with E-state index in [2.05, 4.69) is 15.0 Å². The number of hydrogen-bond donors (Lipinski definition) is 1. The van der Waals surface area contributed by atoms with Crippen molar-refractivity contribution in [3.63, 3.8) is 0 Å². The Bertz CT molecular complexity index is 1510. The largest absolute Gasteiger partial charge is 0.480 e. The van der Waals surface area contributed by atoms with Gasteiger partial charge in [-0.2, -0.15) is 4.98 Å². The third-order valence-corrected chi connectivity index (χ3v) is 6.34. The van der Waals surface area contributed by atoms with Crippen LogP contribution >= 0.6 is 0 Å². The van der Waals surface area contributed by atoms with Gasteiger partial charge in [-0.05, 0) is 69.0 Å². The number of ether oxygens (including phenoxy) is 2. The smallest absolute Gasteiger partial charge is 0.326 e. The van der Waals surface area contributed by atoms with Crippen LogP contribution in [0.5, 0.6) is 17.5 Å². The average Bonchev–Trinajstić information content (AvgIpc) is 3.54. The van der Waals surface area contributed by atoms with Crippen molar-refractivity contribution in [2.24, 2.45) is 0 Å². The van der Waals surface area contributed by atoms with Gasteiger partial charge in [0.2, 0.25) is 5.89 Å². The minimum Gasteiger partial charge on any atom is -0.480 e. The Morgan fingerprint density at radius 3 is 2.63 bits per heavy atom. The third kappa shape index (κ3) is 4.86. The SMILES string of the molecule is Cc1cc(-c2nc3cnc(Oc4ccccc4F)nc3o2)cc(C)c1O[C@@H](C)C(=O)N1CCCC1C(=O)O. The summed E-state index contributed by atoms with van der Waals surface area (Å²) in [7, 11) is 0. The standard InChI is InChI=1S/C27H25FN4O6/c1-14-11-17(12-15(2)22(14)36-16(3)25(33)32-10-6-8-20(32)26(34)35)23-30-19-13-29-27(31-24(19)38-23)37-21-9-5-4-7-18(21)28/h4-5,7,9,11-13,16,20H,6,8,10H2,1-3H3,(H,34,35)/t16-,20?/m0/s1. The van der Waals surface area contributed by atoms with Crippen molar-refractivity contribution in [2.45, 2.75) is 45.8 Å². The summed E-state index contributed by atoms with van der Waals surface area (Å²) in [6, 6.07) is 8.64. The van der Waals surface area contributed by atoms with E-state index in [0.29, 0.717) is 42.1 Å². The molecule has 0 spiro atoms. The Morgan fingerprint density at radius 1 is 1.18 bits per heavy atom. The lowest BCUT2D eigenvalue weighted by Crippen LogP contribution is -2.46. The average molecular weight is 521 g/mol. The van der Waals surface area contributed by atoms with Gasteiger partial charge in [-0.1, -0.05) is 12.1 Å². The van der Waals surface area contributed by atoms with Crippen LogP contribution in [0.25, 0.3) is 22.7 Å². The number of hydrogen-bond acceptors (Lipinski definition) is 8. The van der Waals surface area contributed by atoms with Gasteiger partial charge in [0.15, 0.2) is 17.7 Å². The number of halogens is 1. The summed E-state index contributed by atoms with van der Waals surface area (Å²) in [5.41, 5.74) is 2.72. The third-order valence-electron chi connectivity index (χ3n) is 6.34. The maximum Gasteiger partial charge on any atom is 0.326 e. The number of amides is 1. The second-order valence-corrected chi connectivity index (χ2v) is 9.12. The molecule has 1 amide bonds. The zero-order valence-electron chi connectivity index (χ0n) is 21.0. The topological polar surface area (TPSA) is 128 Å². The molecule has 2 aromatic heterocycles. The Labute approximate surface area is 217 Å². The molecular formula is C27H25FN4O6. The molecule has 4 aromatic rings. The summed E-state index contributed by atoms with van der Waals surface area (Å²) in [6.45, 7) is 5.68. The highest BCUT2D eigenvalue weighted by atomic mass is 19.1. The monoisotopic (exact) mass is 520 g/mol. The van der Waals surface area contributed by atoms with E-state index in [1.54, 1.807) is 19.1 Å². The van der Waals surface area contributed by atoms with Gasteiger partial charge in [-0.15, -0.1) is 0 Å². The second-order valence-electron chi connectivity index (χ2n) is 9.12. The molecule has 0 saturated carbocycles. The molecule has 0 radical (unpaired) electrons. The maximum absolute atomic E-state index is 13.9. The number of likely N-dealkylation sites (tertiary alicyclic amines) is 1. The van der Waals surface area contributed by atoms with Crippen molar-refractivity contribution in [1.82, 2.24) is 19.9 Å². The van der Waals surface area contributed by atoms with Crippen molar-refractivity contribution >= 4 is 23.1 Å². The number of aryl methyl sites for hydroxylation is 2. The van der Waals surface area contributed by atoms with Gasteiger partial charge in [-0.3, -0.25) is 4.79 Å². The fourth-order valence-electron chi connectivity index (χ4n) is 4.53. The predicted molar refractivity (Wildman–Crippen MR) is 133 cm³/mol. The first-order valence-corrected chi connectivity index (χ1v) is 12.1. The van der Waals surface area contributed by atoms with Crippen LogP contribution in [-0.2, 0) is 9.59 Å². The molecule has 0 aliphatic carbocycles. The summed E-state index contributed by atoms with van der Waals surface area (Å²) in [5.74, 6) is -1.10. The van der Waals surface area contributed by atoms with Gasteiger partial charge in [-0.25, -0.2) is 19.2 Å². The van der Waals surface area contributed by atoms with Crippen LogP contribution in [0.3, 0.4) is 0 Å². The number of fused-ring (bicyclic) bond motifs is 1. The molecule has 1 unspecified atom stereocenters. The fraction of sp³-hybridized carbons (Fsp3) is 0.296. The number of benzene rings is 2. The van der Waals surface area contributed by atoms with Crippen LogP contribution in [0, 0.1) is 19.7 Å². The highest BCUT2D eigenvalue weighted by molar-refractivity contribution is 5.87. The lowest BCUT2D eigenvalue weighted by atomic mass is 10.1. The summed E-state index contributed by atoms with van der Waals surface area (Å²) in [5, 5.41) is 9.40. The van der Waals surface area contributed by atoms with Gasteiger partial charge in [0.05, 0.1) is 6.20 Å². The molecular weight excluding hydrogens is 495 g/mol. The van der Waals surface area contributed by atoms with Crippen LogP contribution in [-0.4, -0.2) is 55.5 Å². The summed E-state index contributed by atoms with van der Waals surface area (Å²) in [6.07, 6.45) is 1.66. The number of carbonyl (C=O) groups excluding carboxylic acids is 1. The molecule has 1 saturated heterocycles. The van der Waals surface area contributed by atoms with Crippen LogP contribution < -0.4 is 9.47 Å². The first-order chi connectivity index (χ1) is 18.2. The number of carboxylic acids is 1. The van der Waals surface area contributed by atoms with Gasteiger partial charge >= 0.3 is 12.0 Å². The number of para-hydroxylation sites is 1. The highest BCUT2D eigenvalue weighted by Crippen LogP contribution is 2.33. The van der Waals surface area contributed by atoms with E-state index in [-0.39, 0.29) is 23.4 Å². The zero-order valence-corrected chi connectivity index (χ0v) is 21.0. The number of nitrogens with zero attached hydrogens (tertiary/aromatic N) is 4. The maximum atomic E-state index is 13.9. The van der Waals surface area contributed by atoms with E-state index in [9.17, 15) is 19.1 Å². The van der Waals surface area contributed by atoms with E-state index in [1.807, 2.05) is 26.0 Å². The number of oxazole rings is 1. The number of carboxylic acid groups (broad SMARTS) is 1. The number of rotatable bonds is 7. The second kappa shape index (κ2) is 10.1. The van der Waals surface area contributed by atoms with E-state index >= 15 is 0 Å². The number of aromatic nitrogens is 3. The van der Waals surface area contributed by atoms with Crippen LogP contribution in [0.4, 0.5) is 4.39 Å². The van der Waals surface area contributed by atoms with Gasteiger partial charge < -0.3 is 23.9 Å². The zero-order chi connectivity index (χ0) is 27.0. The van der Waals surface area contributed by atoms with Gasteiger partial charge in [0.1, 0.15) is 17.3 Å². The Morgan fingerprint density at radius 2 is 1.92 bits per heavy atom. The summed E-state index contributed by atoms with van der Waals surface area (Å²) in [4.78, 5) is 38.5. The normalized spacial score (nSPS) is 16.0. The van der Waals surface area contributed by atoms with E-state index in [4.69, 9.17) is 13.9 Å². The van der Waals surface area contributed by atoms with Crippen LogP contribution in [0.15, 0.2) is 47.0 Å². The lowest BCUT2D eigenvalue weighted by molar-refractivity contribution is -0.150. The Kier molecular flexibility index (Phi) is 6.66. The van der Waals surface area contributed by atoms with Gasteiger partial charge in [0, 0.05) is 12.1 Å². The van der Waals surface area contributed by atoms with E-state index < -0.39 is 23.9 Å². The Hall–Kier alpha value is -4.54. The van der Waals surface area contributed by atoms with Crippen molar-refractivity contribution < 1.29 is 33.0 Å².